The number of carbonyl (C=O) groups is 1. The number of aliphatic hydroxyl groups is 2. The SMILES string of the molecule is Nc1ccccc1C(=O)NS(=O)(=O)OC[C@H]1O[C@@H](Cn2cnc3c(N)nc(Nc4ccccc4)nc32)[C@H](O)[C@@H]1O. The smallest absolute Gasteiger partial charge is 0.362 e. The molecule has 0 unspecified atom stereocenters. The average molecular weight is 571 g/mol. The molecule has 4 atom stereocenters. The Labute approximate surface area is 228 Å². The molecular formula is C24H26N8O7S. The van der Waals surface area contributed by atoms with Gasteiger partial charge in [0.05, 0.1) is 25.0 Å². The fourth-order valence-corrected chi connectivity index (χ4v) is 4.88. The Morgan fingerprint density at radius 1 is 1.02 bits per heavy atom. The van der Waals surface area contributed by atoms with Crippen molar-refractivity contribution in [2.24, 2.45) is 0 Å². The van der Waals surface area contributed by atoms with Gasteiger partial charge in [0.15, 0.2) is 11.5 Å². The monoisotopic (exact) mass is 570 g/mol. The lowest BCUT2D eigenvalue weighted by Crippen LogP contribution is -2.38. The molecule has 4 aromatic rings. The molecular weight excluding hydrogens is 544 g/mol. The first-order valence-corrected chi connectivity index (χ1v) is 13.4. The van der Waals surface area contributed by atoms with Crippen molar-refractivity contribution < 1.29 is 32.3 Å². The maximum atomic E-state index is 12.3. The Hall–Kier alpha value is -4.35. The van der Waals surface area contributed by atoms with Crippen LogP contribution in [-0.2, 0) is 25.8 Å². The summed E-state index contributed by atoms with van der Waals surface area (Å²) >= 11 is 0. The van der Waals surface area contributed by atoms with Crippen molar-refractivity contribution in [3.63, 3.8) is 0 Å². The van der Waals surface area contributed by atoms with Gasteiger partial charge in [0.2, 0.25) is 5.95 Å². The van der Waals surface area contributed by atoms with Crippen LogP contribution in [0.5, 0.6) is 0 Å². The van der Waals surface area contributed by atoms with E-state index < -0.39 is 47.2 Å². The van der Waals surface area contributed by atoms with Gasteiger partial charge in [-0.25, -0.2) is 9.71 Å². The van der Waals surface area contributed by atoms with E-state index in [-0.39, 0.29) is 29.6 Å². The van der Waals surface area contributed by atoms with E-state index in [1.54, 1.807) is 15.4 Å². The van der Waals surface area contributed by atoms with Crippen LogP contribution >= 0.6 is 0 Å². The summed E-state index contributed by atoms with van der Waals surface area (Å²) in [6.45, 7) is -0.685. The molecule has 1 aliphatic rings. The van der Waals surface area contributed by atoms with E-state index in [1.165, 1.54) is 24.5 Å². The number of aromatic nitrogens is 4. The molecule has 0 bridgehead atoms. The topological polar surface area (TPSA) is 230 Å². The number of nitrogens with two attached hydrogens (primary N) is 2. The van der Waals surface area contributed by atoms with Gasteiger partial charge in [-0.15, -0.1) is 0 Å². The normalized spacial score (nSPS) is 20.9. The molecule has 1 amide bonds. The van der Waals surface area contributed by atoms with Gasteiger partial charge in [-0.1, -0.05) is 30.3 Å². The van der Waals surface area contributed by atoms with E-state index >= 15 is 0 Å². The van der Waals surface area contributed by atoms with Crippen LogP contribution in [0.1, 0.15) is 10.4 Å². The highest BCUT2D eigenvalue weighted by Gasteiger charge is 2.43. The predicted molar refractivity (Wildman–Crippen MR) is 143 cm³/mol. The van der Waals surface area contributed by atoms with Crippen molar-refractivity contribution in [2.75, 3.05) is 23.4 Å². The van der Waals surface area contributed by atoms with Gasteiger partial charge in [-0.3, -0.25) is 8.98 Å². The Morgan fingerprint density at radius 3 is 2.48 bits per heavy atom. The van der Waals surface area contributed by atoms with E-state index in [1.807, 2.05) is 30.3 Å². The summed E-state index contributed by atoms with van der Waals surface area (Å²) in [5, 5.41) is 24.1. The molecule has 15 nitrogen and oxygen atoms in total. The number of hydrogen-bond donors (Lipinski definition) is 6. The fraction of sp³-hybridized carbons (Fsp3) is 0.250. The summed E-state index contributed by atoms with van der Waals surface area (Å²) in [6.07, 6.45) is -3.65. The zero-order valence-electron chi connectivity index (χ0n) is 20.8. The molecule has 0 aliphatic carbocycles. The number of anilines is 4. The molecule has 40 heavy (non-hydrogen) atoms. The lowest BCUT2D eigenvalue weighted by Gasteiger charge is -2.16. The average Bonchev–Trinajstić information content (AvgIpc) is 3.44. The third-order valence-electron chi connectivity index (χ3n) is 6.17. The molecule has 3 heterocycles. The van der Waals surface area contributed by atoms with E-state index in [0.29, 0.717) is 11.2 Å². The van der Waals surface area contributed by atoms with Crippen LogP contribution in [-0.4, -0.2) is 75.1 Å². The highest BCUT2D eigenvalue weighted by Crippen LogP contribution is 2.26. The summed E-state index contributed by atoms with van der Waals surface area (Å²) in [7, 11) is -4.59. The lowest BCUT2D eigenvalue weighted by molar-refractivity contribution is -0.0199. The summed E-state index contributed by atoms with van der Waals surface area (Å²) in [5.41, 5.74) is 13.2. The van der Waals surface area contributed by atoms with Crippen molar-refractivity contribution in [3.05, 3.63) is 66.5 Å². The molecule has 0 radical (unpaired) electrons. The van der Waals surface area contributed by atoms with Crippen LogP contribution in [0.3, 0.4) is 0 Å². The molecule has 2 aromatic carbocycles. The summed E-state index contributed by atoms with van der Waals surface area (Å²) in [6, 6.07) is 15.1. The molecule has 5 rings (SSSR count). The molecule has 16 heteroatoms. The first-order chi connectivity index (χ1) is 19.1. The molecule has 2 aromatic heterocycles. The third kappa shape index (κ3) is 5.80. The van der Waals surface area contributed by atoms with Crippen LogP contribution in [0.15, 0.2) is 60.9 Å². The first kappa shape index (κ1) is 27.2. The van der Waals surface area contributed by atoms with Crippen molar-refractivity contribution >= 4 is 50.5 Å². The van der Waals surface area contributed by atoms with Gasteiger partial charge < -0.3 is 36.3 Å². The van der Waals surface area contributed by atoms with Gasteiger partial charge in [-0.2, -0.15) is 18.4 Å². The van der Waals surface area contributed by atoms with Crippen molar-refractivity contribution in [1.82, 2.24) is 24.2 Å². The van der Waals surface area contributed by atoms with Crippen molar-refractivity contribution in [1.29, 1.82) is 0 Å². The number of para-hydroxylation sites is 2. The largest absolute Gasteiger partial charge is 0.398 e. The van der Waals surface area contributed by atoms with Crippen molar-refractivity contribution in [2.45, 2.75) is 31.0 Å². The number of nitrogen functional groups attached to an aromatic ring is 2. The Kier molecular flexibility index (Phi) is 7.51. The molecule has 0 saturated carbocycles. The number of amides is 1. The molecule has 0 spiro atoms. The fourth-order valence-electron chi connectivity index (χ4n) is 4.17. The van der Waals surface area contributed by atoms with Crippen LogP contribution in [0.4, 0.5) is 23.1 Å². The van der Waals surface area contributed by atoms with Gasteiger partial charge >= 0.3 is 10.3 Å². The number of fused-ring (bicyclic) bond motifs is 1. The minimum atomic E-state index is -4.59. The number of hydrogen-bond acceptors (Lipinski definition) is 13. The van der Waals surface area contributed by atoms with Crippen molar-refractivity contribution in [3.8, 4) is 0 Å². The van der Waals surface area contributed by atoms with Crippen LogP contribution < -0.4 is 21.5 Å². The molecule has 1 fully saturated rings. The predicted octanol–water partition coefficient (Wildman–Crippen LogP) is -0.0851. The first-order valence-electron chi connectivity index (χ1n) is 12.0. The number of aliphatic hydroxyl groups excluding tert-OH is 2. The summed E-state index contributed by atoms with van der Waals surface area (Å²) < 4.78 is 38.5. The van der Waals surface area contributed by atoms with Gasteiger partial charge in [0.1, 0.15) is 29.9 Å². The second-order valence-electron chi connectivity index (χ2n) is 8.94. The summed E-state index contributed by atoms with van der Waals surface area (Å²) in [4.78, 5) is 25.2. The molecule has 1 saturated heterocycles. The van der Waals surface area contributed by atoms with Crippen LogP contribution in [0.2, 0.25) is 0 Å². The zero-order valence-corrected chi connectivity index (χ0v) is 21.6. The standard InChI is InChI=1S/C24H26N8O7S/c25-15-9-5-4-8-14(15)23(35)31-40(36,37)38-11-17-20(34)19(33)16(39-17)10-32-12-27-18-21(26)29-24(30-22(18)32)28-13-6-2-1-3-7-13/h1-9,12,16-17,19-20,33-34H,10-11,25H2,(H,31,35)(H3,26,28,29,30)/t16-,17+,19-,20+/m0/s1. The number of imidazole rings is 1. The lowest BCUT2D eigenvalue weighted by atomic mass is 10.1. The Bertz CT molecular complexity index is 1630. The van der Waals surface area contributed by atoms with Crippen LogP contribution in [0.25, 0.3) is 11.2 Å². The number of benzene rings is 2. The number of ether oxygens (including phenoxy) is 1. The van der Waals surface area contributed by atoms with E-state index in [9.17, 15) is 23.4 Å². The third-order valence-corrected chi connectivity index (χ3v) is 7.05. The zero-order chi connectivity index (χ0) is 28.4. The van der Waals surface area contributed by atoms with Gasteiger partial charge in [-0.05, 0) is 24.3 Å². The number of carbonyl (C=O) groups excluding carboxylic acids is 1. The second kappa shape index (κ2) is 11.0. The number of nitrogens with zero attached hydrogens (tertiary/aromatic N) is 4. The minimum Gasteiger partial charge on any atom is -0.398 e. The Morgan fingerprint density at radius 2 is 1.73 bits per heavy atom. The summed E-state index contributed by atoms with van der Waals surface area (Å²) in [5.74, 6) is -0.633. The number of rotatable bonds is 9. The second-order valence-corrected chi connectivity index (χ2v) is 10.3. The van der Waals surface area contributed by atoms with Crippen LogP contribution in [0, 0.1) is 0 Å². The minimum absolute atomic E-state index is 0.0107. The Balaban J connectivity index is 1.25. The number of nitrogens with one attached hydrogen (secondary N) is 2. The van der Waals surface area contributed by atoms with E-state index in [4.69, 9.17) is 20.4 Å². The molecule has 210 valence electrons. The maximum Gasteiger partial charge on any atom is 0.362 e. The van der Waals surface area contributed by atoms with E-state index in [0.717, 1.165) is 5.69 Å². The highest BCUT2D eigenvalue weighted by atomic mass is 32.2. The molecule has 8 N–H and O–H groups in total. The van der Waals surface area contributed by atoms with E-state index in [2.05, 4.69) is 20.3 Å². The quantitative estimate of drug-likeness (QED) is 0.145. The molecule has 1 aliphatic heterocycles. The van der Waals surface area contributed by atoms with Gasteiger partial charge in [0, 0.05) is 11.4 Å². The van der Waals surface area contributed by atoms with Gasteiger partial charge in [0.25, 0.3) is 5.91 Å². The highest BCUT2D eigenvalue weighted by molar-refractivity contribution is 7.85. The maximum absolute atomic E-state index is 12.3.